The minimum atomic E-state index is -3.70. The molecule has 1 heterocycles. The van der Waals surface area contributed by atoms with Crippen molar-refractivity contribution in [2.45, 2.75) is 31.3 Å². The summed E-state index contributed by atoms with van der Waals surface area (Å²) in [6.45, 7) is 6.14. The van der Waals surface area contributed by atoms with Gasteiger partial charge >= 0.3 is 0 Å². The number of aryl methyl sites for hydroxylation is 1. The largest absolute Gasteiger partial charge is 0.478 e. The molecule has 2 aromatic rings. The van der Waals surface area contributed by atoms with Gasteiger partial charge in [-0.05, 0) is 62.7 Å². The third-order valence-corrected chi connectivity index (χ3v) is 6.81. The second kappa shape index (κ2) is 8.71. The first kappa shape index (κ1) is 22.2. The van der Waals surface area contributed by atoms with Gasteiger partial charge in [-0.3, -0.25) is 4.79 Å². The summed E-state index contributed by atoms with van der Waals surface area (Å²) in [5.74, 6) is -0.528. The maximum Gasteiger partial charge on any atom is 0.267 e. The van der Waals surface area contributed by atoms with E-state index in [4.69, 9.17) is 9.47 Å². The van der Waals surface area contributed by atoms with Crippen molar-refractivity contribution in [1.29, 1.82) is 0 Å². The van der Waals surface area contributed by atoms with E-state index >= 15 is 0 Å². The number of amides is 1. The number of anilines is 1. The van der Waals surface area contributed by atoms with Crippen molar-refractivity contribution in [3.63, 3.8) is 0 Å². The maximum absolute atomic E-state index is 13.1. The Kier molecular flexibility index (Phi) is 6.44. The van der Waals surface area contributed by atoms with Crippen LogP contribution in [-0.2, 0) is 19.6 Å². The summed E-state index contributed by atoms with van der Waals surface area (Å²) < 4.78 is 51.4. The summed E-state index contributed by atoms with van der Waals surface area (Å²) in [5.41, 5.74) is -0.346. The molecule has 0 atom stereocenters. The van der Waals surface area contributed by atoms with Gasteiger partial charge in [-0.15, -0.1) is 0 Å². The fourth-order valence-corrected chi connectivity index (χ4v) is 4.67. The molecule has 7 nitrogen and oxygen atoms in total. The number of morpholine rings is 1. The smallest absolute Gasteiger partial charge is 0.267 e. The Hall–Kier alpha value is -2.49. The topological polar surface area (TPSA) is 84.9 Å². The van der Waals surface area contributed by atoms with E-state index in [1.807, 2.05) is 0 Å². The van der Waals surface area contributed by atoms with Gasteiger partial charge < -0.3 is 14.8 Å². The van der Waals surface area contributed by atoms with Gasteiger partial charge in [-0.2, -0.15) is 4.31 Å². The van der Waals surface area contributed by atoms with Gasteiger partial charge in [-0.25, -0.2) is 12.8 Å². The Bertz CT molecular complexity index is 1020. The van der Waals surface area contributed by atoms with Crippen molar-refractivity contribution < 1.29 is 27.1 Å². The lowest BCUT2D eigenvalue weighted by Crippen LogP contribution is -2.42. The number of rotatable bonds is 6. The molecule has 2 aromatic carbocycles. The molecule has 1 aliphatic rings. The number of nitrogens with one attached hydrogen (secondary N) is 1. The Labute approximate surface area is 175 Å². The van der Waals surface area contributed by atoms with Gasteiger partial charge in [0.05, 0.1) is 18.1 Å². The Morgan fingerprint density at radius 3 is 2.40 bits per heavy atom. The molecule has 1 aliphatic heterocycles. The van der Waals surface area contributed by atoms with Crippen molar-refractivity contribution >= 4 is 21.6 Å². The highest BCUT2D eigenvalue weighted by molar-refractivity contribution is 7.89. The molecule has 1 saturated heterocycles. The number of carbonyl (C=O) groups is 1. The Balaban J connectivity index is 1.78. The van der Waals surface area contributed by atoms with E-state index in [-0.39, 0.29) is 18.0 Å². The molecule has 30 heavy (non-hydrogen) atoms. The van der Waals surface area contributed by atoms with E-state index in [1.54, 1.807) is 32.9 Å². The van der Waals surface area contributed by atoms with E-state index in [0.717, 1.165) is 0 Å². The fourth-order valence-electron chi connectivity index (χ4n) is 3.01. The van der Waals surface area contributed by atoms with Crippen molar-refractivity contribution in [1.82, 2.24) is 4.31 Å². The van der Waals surface area contributed by atoms with Crippen LogP contribution in [0.3, 0.4) is 0 Å². The summed E-state index contributed by atoms with van der Waals surface area (Å²) >= 11 is 0. The zero-order chi connectivity index (χ0) is 21.9. The lowest BCUT2D eigenvalue weighted by Gasteiger charge is -2.27. The maximum atomic E-state index is 13.1. The first-order valence-electron chi connectivity index (χ1n) is 9.54. The van der Waals surface area contributed by atoms with Crippen molar-refractivity contribution in [2.24, 2.45) is 0 Å². The third-order valence-electron chi connectivity index (χ3n) is 4.77. The number of benzene rings is 2. The third kappa shape index (κ3) is 4.97. The lowest BCUT2D eigenvalue weighted by atomic mass is 10.1. The lowest BCUT2D eigenvalue weighted by molar-refractivity contribution is -0.128. The molecule has 0 bridgehead atoms. The van der Waals surface area contributed by atoms with Crippen LogP contribution in [0.4, 0.5) is 10.1 Å². The van der Waals surface area contributed by atoms with E-state index in [9.17, 15) is 17.6 Å². The van der Waals surface area contributed by atoms with Gasteiger partial charge in [0.15, 0.2) is 5.60 Å². The molecular formula is C21H25FN2O5S. The van der Waals surface area contributed by atoms with Crippen LogP contribution in [0.25, 0.3) is 0 Å². The summed E-state index contributed by atoms with van der Waals surface area (Å²) in [5, 5.41) is 2.71. The predicted octanol–water partition coefficient (Wildman–Crippen LogP) is 2.95. The summed E-state index contributed by atoms with van der Waals surface area (Å²) in [6.07, 6.45) is 0. The number of sulfonamides is 1. The summed E-state index contributed by atoms with van der Waals surface area (Å²) in [4.78, 5) is 12.9. The molecule has 3 rings (SSSR count). The number of carbonyl (C=O) groups excluding carboxylic acids is 1. The number of ether oxygens (including phenoxy) is 2. The van der Waals surface area contributed by atoms with E-state index in [0.29, 0.717) is 30.2 Å². The minimum absolute atomic E-state index is 0.138. The molecule has 162 valence electrons. The van der Waals surface area contributed by atoms with Crippen LogP contribution in [-0.4, -0.2) is 50.5 Å². The molecule has 0 saturated carbocycles. The first-order valence-corrected chi connectivity index (χ1v) is 11.0. The molecule has 0 spiro atoms. The van der Waals surface area contributed by atoms with Gasteiger partial charge in [0.1, 0.15) is 11.6 Å². The van der Waals surface area contributed by atoms with Gasteiger partial charge in [0, 0.05) is 18.8 Å². The highest BCUT2D eigenvalue weighted by Crippen LogP contribution is 2.26. The second-order valence-corrected chi connectivity index (χ2v) is 9.42. The normalized spacial score (nSPS) is 15.6. The highest BCUT2D eigenvalue weighted by Gasteiger charge is 2.31. The van der Waals surface area contributed by atoms with E-state index in [1.165, 1.54) is 34.6 Å². The van der Waals surface area contributed by atoms with Crippen LogP contribution in [0.5, 0.6) is 5.75 Å². The predicted molar refractivity (Wildman–Crippen MR) is 110 cm³/mol. The van der Waals surface area contributed by atoms with Gasteiger partial charge in [-0.1, -0.05) is 6.07 Å². The number of hydrogen-bond donors (Lipinski definition) is 1. The molecule has 0 unspecified atom stereocenters. The van der Waals surface area contributed by atoms with E-state index in [2.05, 4.69) is 5.32 Å². The molecule has 0 aromatic heterocycles. The van der Waals surface area contributed by atoms with Crippen molar-refractivity contribution in [3.05, 3.63) is 53.8 Å². The zero-order valence-electron chi connectivity index (χ0n) is 17.1. The quantitative estimate of drug-likeness (QED) is 0.753. The summed E-state index contributed by atoms with van der Waals surface area (Å²) in [7, 11) is -3.70. The average Bonchev–Trinajstić information content (AvgIpc) is 2.71. The second-order valence-electron chi connectivity index (χ2n) is 7.52. The molecule has 1 N–H and O–H groups in total. The fraction of sp³-hybridized carbons (Fsp3) is 0.381. The van der Waals surface area contributed by atoms with Crippen LogP contribution in [0.15, 0.2) is 47.4 Å². The molecule has 9 heteroatoms. The minimum Gasteiger partial charge on any atom is -0.478 e. The van der Waals surface area contributed by atoms with Gasteiger partial charge in [0.2, 0.25) is 10.0 Å². The molecule has 1 amide bonds. The molecule has 0 radical (unpaired) electrons. The number of nitrogens with zero attached hydrogens (tertiary/aromatic N) is 1. The summed E-state index contributed by atoms with van der Waals surface area (Å²) in [6, 6.07) is 10.1. The van der Waals surface area contributed by atoms with Crippen LogP contribution in [0.1, 0.15) is 19.4 Å². The standard InChI is InChI=1S/C21H25FN2O5S/c1-15-4-7-17(14-19(15)30(26,27)24-10-12-28-13-11-24)23-20(25)21(2,3)29-18-8-5-16(22)6-9-18/h4-9,14H,10-13H2,1-3H3,(H,23,25). The van der Waals surface area contributed by atoms with Crippen LogP contribution in [0, 0.1) is 12.7 Å². The first-order chi connectivity index (χ1) is 14.1. The molecule has 1 fully saturated rings. The zero-order valence-corrected chi connectivity index (χ0v) is 18.0. The van der Waals surface area contributed by atoms with E-state index < -0.39 is 27.3 Å². The molecular weight excluding hydrogens is 411 g/mol. The van der Waals surface area contributed by atoms with Crippen molar-refractivity contribution in [3.8, 4) is 5.75 Å². The Morgan fingerprint density at radius 1 is 1.13 bits per heavy atom. The average molecular weight is 437 g/mol. The number of hydrogen-bond acceptors (Lipinski definition) is 5. The number of halogens is 1. The van der Waals surface area contributed by atoms with Crippen LogP contribution in [0.2, 0.25) is 0 Å². The van der Waals surface area contributed by atoms with Crippen molar-refractivity contribution in [2.75, 3.05) is 31.6 Å². The monoisotopic (exact) mass is 436 g/mol. The molecule has 0 aliphatic carbocycles. The van der Waals surface area contributed by atoms with Crippen LogP contribution < -0.4 is 10.1 Å². The Morgan fingerprint density at radius 2 is 1.77 bits per heavy atom. The van der Waals surface area contributed by atoms with Gasteiger partial charge in [0.25, 0.3) is 5.91 Å². The SMILES string of the molecule is Cc1ccc(NC(=O)C(C)(C)Oc2ccc(F)cc2)cc1S(=O)(=O)N1CCOCC1. The van der Waals surface area contributed by atoms with Crippen LogP contribution >= 0.6 is 0 Å². The highest BCUT2D eigenvalue weighted by atomic mass is 32.2.